The first-order valence-electron chi connectivity index (χ1n) is 8.49. The summed E-state index contributed by atoms with van der Waals surface area (Å²) in [5.74, 6) is 7.98. The summed E-state index contributed by atoms with van der Waals surface area (Å²) < 4.78 is 1.17. The quantitative estimate of drug-likeness (QED) is 0.687. The number of anilines is 1. The van der Waals surface area contributed by atoms with Crippen LogP contribution in [0, 0.1) is 38.0 Å². The number of aryl methyl sites for hydroxylation is 2. The molecule has 0 aliphatic carbocycles. The molecule has 5 heteroatoms. The highest BCUT2D eigenvalue weighted by Gasteiger charge is 2.04. The number of hydrogen-bond donors (Lipinski definition) is 2. The molecule has 0 saturated heterocycles. The number of carbonyl (C=O) groups excluding carboxylic acids is 1. The van der Waals surface area contributed by atoms with E-state index in [0.29, 0.717) is 13.1 Å². The van der Waals surface area contributed by atoms with Gasteiger partial charge in [0, 0.05) is 17.8 Å². The lowest BCUT2D eigenvalue weighted by Crippen LogP contribution is -2.20. The number of fused-ring (bicyclic) bond motifs is 1. The number of carbonyl (C=O) groups is 1. The number of nitrogens with one attached hydrogen (secondary N) is 2. The summed E-state index contributed by atoms with van der Waals surface area (Å²) in [5.41, 5.74) is 5.13. The molecule has 134 valence electrons. The summed E-state index contributed by atoms with van der Waals surface area (Å²) in [5, 5.41) is 7.00. The Kier molecular flexibility index (Phi) is 5.76. The largest absolute Gasteiger partial charge is 0.374 e. The van der Waals surface area contributed by atoms with Crippen LogP contribution < -0.4 is 10.6 Å². The number of hydrogen-bond acceptors (Lipinski definition) is 4. The van der Waals surface area contributed by atoms with Gasteiger partial charge in [-0.2, -0.15) is 0 Å². The Morgan fingerprint density at radius 2 is 2.11 bits per heavy atom. The van der Waals surface area contributed by atoms with E-state index in [2.05, 4.69) is 46.5 Å². The highest BCUT2D eigenvalue weighted by molar-refractivity contribution is 7.18. The SMILES string of the molecule is C#CC(=O)NCc1cccc(NCC#Cc2cc(C)c3nc(C)sc3c2)c1. The fraction of sp³-hybridized carbons (Fsp3) is 0.182. The van der Waals surface area contributed by atoms with Crippen molar-refractivity contribution in [3.63, 3.8) is 0 Å². The van der Waals surface area contributed by atoms with Crippen LogP contribution in [0.15, 0.2) is 36.4 Å². The molecule has 0 saturated carbocycles. The number of rotatable bonds is 4. The number of amides is 1. The summed E-state index contributed by atoms with van der Waals surface area (Å²) in [7, 11) is 0. The van der Waals surface area contributed by atoms with Gasteiger partial charge in [0.25, 0.3) is 5.91 Å². The topological polar surface area (TPSA) is 54.0 Å². The number of nitrogens with zero attached hydrogens (tertiary/aromatic N) is 1. The summed E-state index contributed by atoms with van der Waals surface area (Å²) in [6.45, 7) is 5.01. The molecule has 0 aliphatic heterocycles. The second-order valence-electron chi connectivity index (χ2n) is 6.06. The standard InChI is InChI=1S/C22H19N3OS/c1-4-21(26)24-14-18-7-5-9-19(12-18)23-10-6-8-17-11-15(2)22-20(13-17)27-16(3)25-22/h1,5,7,9,11-13,23H,10,14H2,2-3H3,(H,24,26). The zero-order valence-electron chi connectivity index (χ0n) is 15.2. The van der Waals surface area contributed by atoms with Crippen molar-refractivity contribution in [2.75, 3.05) is 11.9 Å². The first-order chi connectivity index (χ1) is 13.0. The summed E-state index contributed by atoms with van der Waals surface area (Å²) >= 11 is 1.69. The predicted molar refractivity (Wildman–Crippen MR) is 112 cm³/mol. The molecular weight excluding hydrogens is 354 g/mol. The molecule has 0 atom stereocenters. The third kappa shape index (κ3) is 4.88. The molecular formula is C22H19N3OS. The Morgan fingerprint density at radius 1 is 1.26 bits per heavy atom. The van der Waals surface area contributed by atoms with Crippen LogP contribution in [0.4, 0.5) is 5.69 Å². The van der Waals surface area contributed by atoms with Crippen molar-refractivity contribution in [1.29, 1.82) is 0 Å². The zero-order valence-corrected chi connectivity index (χ0v) is 16.0. The van der Waals surface area contributed by atoms with E-state index < -0.39 is 5.91 Å². The zero-order chi connectivity index (χ0) is 19.2. The molecule has 0 aliphatic rings. The molecule has 3 aromatic rings. The molecule has 2 aromatic carbocycles. The van der Waals surface area contributed by atoms with E-state index in [9.17, 15) is 4.79 Å². The van der Waals surface area contributed by atoms with Gasteiger partial charge in [-0.3, -0.25) is 4.79 Å². The van der Waals surface area contributed by atoms with Crippen molar-refractivity contribution >= 4 is 33.1 Å². The fourth-order valence-corrected chi connectivity index (χ4v) is 3.64. The highest BCUT2D eigenvalue weighted by Crippen LogP contribution is 2.25. The minimum atomic E-state index is -0.414. The highest BCUT2D eigenvalue weighted by atomic mass is 32.1. The number of aromatic nitrogens is 1. The number of benzene rings is 2. The Hall–Kier alpha value is -3.28. The molecule has 0 radical (unpaired) electrons. The molecule has 27 heavy (non-hydrogen) atoms. The molecule has 1 heterocycles. The third-order valence-corrected chi connectivity index (χ3v) is 4.84. The van der Waals surface area contributed by atoms with Crippen molar-refractivity contribution in [1.82, 2.24) is 10.3 Å². The molecule has 0 fully saturated rings. The van der Waals surface area contributed by atoms with E-state index in [-0.39, 0.29) is 0 Å². The van der Waals surface area contributed by atoms with Gasteiger partial charge in [0.1, 0.15) is 0 Å². The van der Waals surface area contributed by atoms with Crippen LogP contribution in [-0.4, -0.2) is 17.4 Å². The molecule has 3 rings (SSSR count). The lowest BCUT2D eigenvalue weighted by Gasteiger charge is -2.06. The third-order valence-electron chi connectivity index (χ3n) is 3.92. The second-order valence-corrected chi connectivity index (χ2v) is 7.29. The van der Waals surface area contributed by atoms with Crippen LogP contribution in [0.2, 0.25) is 0 Å². The Balaban J connectivity index is 1.62. The first-order valence-corrected chi connectivity index (χ1v) is 9.31. The van der Waals surface area contributed by atoms with Gasteiger partial charge in [0.2, 0.25) is 0 Å². The van der Waals surface area contributed by atoms with E-state index in [1.165, 1.54) is 4.70 Å². The summed E-state index contributed by atoms with van der Waals surface area (Å²) in [6, 6.07) is 12.0. The van der Waals surface area contributed by atoms with Crippen LogP contribution in [0.25, 0.3) is 10.2 Å². The van der Waals surface area contributed by atoms with Gasteiger partial charge < -0.3 is 10.6 Å². The van der Waals surface area contributed by atoms with Crippen molar-refractivity contribution in [2.45, 2.75) is 20.4 Å². The number of thiazole rings is 1. The van der Waals surface area contributed by atoms with Crippen molar-refractivity contribution in [3.8, 4) is 24.2 Å². The first kappa shape index (κ1) is 18.5. The van der Waals surface area contributed by atoms with Gasteiger partial charge >= 0.3 is 0 Å². The van der Waals surface area contributed by atoms with E-state index in [1.807, 2.05) is 37.1 Å². The molecule has 4 nitrogen and oxygen atoms in total. The maximum atomic E-state index is 11.1. The monoisotopic (exact) mass is 373 g/mol. The Labute approximate surface area is 163 Å². The van der Waals surface area contributed by atoms with Gasteiger partial charge in [-0.25, -0.2) is 4.98 Å². The fourth-order valence-electron chi connectivity index (χ4n) is 2.70. The van der Waals surface area contributed by atoms with E-state index in [0.717, 1.165) is 32.9 Å². The normalized spacial score (nSPS) is 9.96. The van der Waals surface area contributed by atoms with Gasteiger partial charge in [-0.1, -0.05) is 24.0 Å². The lowest BCUT2D eigenvalue weighted by molar-refractivity contribution is -0.115. The molecule has 2 N–H and O–H groups in total. The van der Waals surface area contributed by atoms with Crippen LogP contribution in [0.1, 0.15) is 21.7 Å². The van der Waals surface area contributed by atoms with Gasteiger partial charge in [0.05, 0.1) is 21.8 Å². The van der Waals surface area contributed by atoms with Gasteiger partial charge in [-0.15, -0.1) is 17.8 Å². The molecule has 1 amide bonds. The minimum Gasteiger partial charge on any atom is -0.374 e. The maximum absolute atomic E-state index is 11.1. The van der Waals surface area contributed by atoms with E-state index >= 15 is 0 Å². The van der Waals surface area contributed by atoms with Gasteiger partial charge in [-0.05, 0) is 55.2 Å². The minimum absolute atomic E-state index is 0.401. The predicted octanol–water partition coefficient (Wildman–Crippen LogP) is 3.63. The Morgan fingerprint density at radius 3 is 2.93 bits per heavy atom. The summed E-state index contributed by atoms with van der Waals surface area (Å²) in [6.07, 6.45) is 5.04. The summed E-state index contributed by atoms with van der Waals surface area (Å²) in [4.78, 5) is 15.7. The van der Waals surface area contributed by atoms with Crippen molar-refractivity contribution < 1.29 is 4.79 Å². The Bertz CT molecular complexity index is 1100. The van der Waals surface area contributed by atoms with Crippen molar-refractivity contribution in [3.05, 3.63) is 58.1 Å². The van der Waals surface area contributed by atoms with Crippen molar-refractivity contribution in [2.24, 2.45) is 0 Å². The average Bonchev–Trinajstić information content (AvgIpc) is 3.04. The molecule has 0 unspecified atom stereocenters. The van der Waals surface area contributed by atoms with Crippen LogP contribution >= 0.6 is 11.3 Å². The van der Waals surface area contributed by atoms with Crippen LogP contribution in [-0.2, 0) is 11.3 Å². The molecule has 1 aromatic heterocycles. The molecule has 0 bridgehead atoms. The van der Waals surface area contributed by atoms with Crippen LogP contribution in [0.3, 0.4) is 0 Å². The van der Waals surface area contributed by atoms with Gasteiger partial charge in [0.15, 0.2) is 0 Å². The average molecular weight is 373 g/mol. The second kappa shape index (κ2) is 8.40. The number of terminal acetylenes is 1. The smallest absolute Gasteiger partial charge is 0.295 e. The molecule has 0 spiro atoms. The maximum Gasteiger partial charge on any atom is 0.295 e. The van der Waals surface area contributed by atoms with E-state index in [1.54, 1.807) is 11.3 Å². The van der Waals surface area contributed by atoms with Crippen LogP contribution in [0.5, 0.6) is 0 Å². The van der Waals surface area contributed by atoms with E-state index in [4.69, 9.17) is 6.42 Å². The lowest BCUT2D eigenvalue weighted by atomic mass is 10.1.